The Balaban J connectivity index is 0. The predicted octanol–water partition coefficient (Wildman–Crippen LogP) is -0.731. The van der Waals surface area contributed by atoms with Gasteiger partial charge < -0.3 is 0 Å². The molecule has 0 amide bonds. The van der Waals surface area contributed by atoms with Crippen LogP contribution in [-0.4, -0.2) is 37.5 Å². The molecule has 0 aromatic heterocycles. The molecule has 0 fully saturated rings. The van der Waals surface area contributed by atoms with Gasteiger partial charge >= 0.3 is 43.9 Å². The van der Waals surface area contributed by atoms with Crippen LogP contribution in [0.3, 0.4) is 0 Å². The fraction of sp³-hybridized carbons (Fsp3) is 1.00. The van der Waals surface area contributed by atoms with Gasteiger partial charge in [0.05, 0.1) is 0 Å². The molecule has 0 aromatic carbocycles. The summed E-state index contributed by atoms with van der Waals surface area (Å²) in [7, 11) is 1.18. The molecule has 0 N–H and O–H groups in total. The van der Waals surface area contributed by atoms with Gasteiger partial charge in [0.1, 0.15) is 0 Å². The molecule has 0 unspecified atom stereocenters. The Kier molecular flexibility index (Phi) is 6.40. The quantitative estimate of drug-likeness (QED) is 0.553. The number of hydrogen-bond donors (Lipinski definition) is 0. The molecule has 0 aromatic rings. The van der Waals surface area contributed by atoms with Crippen molar-refractivity contribution in [3.63, 3.8) is 0 Å². The van der Waals surface area contributed by atoms with Crippen molar-refractivity contribution in [2.24, 2.45) is 0 Å². The van der Waals surface area contributed by atoms with Gasteiger partial charge in [-0.2, -0.15) is 0 Å². The zero-order chi connectivity index (χ0) is 5.91. The summed E-state index contributed by atoms with van der Waals surface area (Å²) < 4.78 is 24.6. The summed E-state index contributed by atoms with van der Waals surface area (Å²) >= 11 is -3.81. The summed E-state index contributed by atoms with van der Waals surface area (Å²) in [6.07, 6.45) is 0. The second-order valence-corrected chi connectivity index (χ2v) is 5.26. The normalized spacial score (nSPS) is 10.2. The van der Waals surface area contributed by atoms with Crippen molar-refractivity contribution in [1.82, 2.24) is 0 Å². The molecule has 50 valence electrons. The van der Waals surface area contributed by atoms with Gasteiger partial charge in [0.15, 0.2) is 17.4 Å². The topological polar surface area (TPSA) is 43.4 Å². The Morgan fingerprint density at radius 2 is 1.88 bits per heavy atom. The first-order valence-corrected chi connectivity index (χ1v) is 5.21. The molecule has 0 aliphatic carbocycles. The van der Waals surface area contributed by atoms with Gasteiger partial charge in [0.25, 0.3) is 0 Å². The maximum absolute atomic E-state index is 10.2. The fourth-order valence-corrected chi connectivity index (χ4v) is 0.612. The Morgan fingerprint density at radius 3 is 1.88 bits per heavy atom. The van der Waals surface area contributed by atoms with Crippen molar-refractivity contribution in [3.05, 3.63) is 0 Å². The molecule has 0 heterocycles. The van der Waals surface area contributed by atoms with E-state index in [9.17, 15) is 7.67 Å². The molecule has 0 radical (unpaired) electrons. The van der Waals surface area contributed by atoms with E-state index in [2.05, 4.69) is 3.82 Å². The minimum Gasteiger partial charge on any atom is 0.187 e. The third-order valence-corrected chi connectivity index (χ3v) is 3.16. The van der Waals surface area contributed by atoms with Crippen LogP contribution < -0.4 is 0 Å². The monoisotopic (exact) mass is 202 g/mol. The molecule has 0 rings (SSSR count). The zero-order valence-electron chi connectivity index (χ0n) is 4.34. The van der Waals surface area contributed by atoms with Crippen LogP contribution in [0.5, 0.6) is 0 Å². The van der Waals surface area contributed by atoms with Crippen LogP contribution in [0.15, 0.2) is 0 Å². The summed E-state index contributed by atoms with van der Waals surface area (Å²) in [5.41, 5.74) is 0. The van der Waals surface area contributed by atoms with Crippen LogP contribution in [0, 0.1) is 0 Å². The van der Waals surface area contributed by atoms with Gasteiger partial charge in [-0.25, -0.2) is 0 Å². The second-order valence-electron chi connectivity index (χ2n) is 1.01. The van der Waals surface area contributed by atoms with Crippen molar-refractivity contribution in [2.75, 3.05) is 7.11 Å². The van der Waals surface area contributed by atoms with Crippen LogP contribution in [0.25, 0.3) is 0 Å². The standard InChI is InChI=1S/C3H8O3Se.Al.3H/c1-3-7(4,5)6-2;;;;/h3H2,1-2H3;;;;. The van der Waals surface area contributed by atoms with E-state index < -0.39 is 13.0 Å². The smallest absolute Gasteiger partial charge is 0.187 e. The van der Waals surface area contributed by atoms with Crippen LogP contribution >= 0.6 is 0 Å². The summed E-state index contributed by atoms with van der Waals surface area (Å²) in [6.45, 7) is 1.56. The average molecular weight is 201 g/mol. The maximum Gasteiger partial charge on any atom is 0.187 e. The Bertz CT molecular complexity index is 117. The average Bonchev–Trinajstić information content (AvgIpc) is 1.68. The molecule has 8 heavy (non-hydrogen) atoms. The SMILES string of the molecule is CC[Se](=O)(=O)OC.[AlH3]. The predicted molar refractivity (Wildman–Crippen MR) is 34.6 cm³/mol. The van der Waals surface area contributed by atoms with Crippen molar-refractivity contribution in [3.8, 4) is 0 Å². The van der Waals surface area contributed by atoms with Crippen LogP contribution in [0.4, 0.5) is 0 Å². The largest absolute Gasteiger partial charge is 0.187 e. The van der Waals surface area contributed by atoms with Crippen LogP contribution in [0.1, 0.15) is 6.92 Å². The van der Waals surface area contributed by atoms with E-state index in [1.807, 2.05) is 0 Å². The van der Waals surface area contributed by atoms with Gasteiger partial charge in [-0.3, -0.25) is 0 Å². The van der Waals surface area contributed by atoms with Gasteiger partial charge in [0.2, 0.25) is 0 Å². The summed E-state index contributed by atoms with van der Waals surface area (Å²) in [4.78, 5) is 0. The summed E-state index contributed by atoms with van der Waals surface area (Å²) in [6, 6.07) is 0. The van der Waals surface area contributed by atoms with Crippen LogP contribution in [-0.2, 0) is 11.5 Å². The molecule has 0 bridgehead atoms. The van der Waals surface area contributed by atoms with E-state index in [1.165, 1.54) is 7.11 Å². The Hall–Kier alpha value is 0.612. The van der Waals surface area contributed by atoms with E-state index in [4.69, 9.17) is 0 Å². The van der Waals surface area contributed by atoms with Crippen molar-refractivity contribution in [2.45, 2.75) is 12.2 Å². The first-order valence-electron chi connectivity index (χ1n) is 1.90. The van der Waals surface area contributed by atoms with Crippen molar-refractivity contribution >= 4 is 30.4 Å². The first-order chi connectivity index (χ1) is 3.12. The summed E-state index contributed by atoms with van der Waals surface area (Å²) in [5, 5.41) is 0.118. The van der Waals surface area contributed by atoms with Gasteiger partial charge in [-0.1, -0.05) is 0 Å². The summed E-state index contributed by atoms with van der Waals surface area (Å²) in [5.74, 6) is 0. The van der Waals surface area contributed by atoms with E-state index in [0.717, 1.165) is 0 Å². The van der Waals surface area contributed by atoms with Crippen molar-refractivity contribution < 1.29 is 11.5 Å². The molecule has 0 saturated heterocycles. The zero-order valence-corrected chi connectivity index (χ0v) is 6.05. The Morgan fingerprint density at radius 1 is 1.50 bits per heavy atom. The minimum atomic E-state index is -3.81. The molecule has 0 aliphatic heterocycles. The third kappa shape index (κ3) is 4.76. The first kappa shape index (κ1) is 11.4. The molecular formula is C3H11AlO3Se. The molecule has 0 spiro atoms. The number of rotatable bonds is 2. The third-order valence-electron chi connectivity index (χ3n) is 0.607. The van der Waals surface area contributed by atoms with Gasteiger partial charge in [-0.15, -0.1) is 0 Å². The van der Waals surface area contributed by atoms with Crippen molar-refractivity contribution in [1.29, 1.82) is 0 Å². The van der Waals surface area contributed by atoms with E-state index in [-0.39, 0.29) is 22.7 Å². The number of hydrogen-bond acceptors (Lipinski definition) is 3. The van der Waals surface area contributed by atoms with E-state index >= 15 is 0 Å². The Labute approximate surface area is 61.5 Å². The molecule has 0 aliphatic rings. The van der Waals surface area contributed by atoms with Gasteiger partial charge in [0, 0.05) is 0 Å². The molecule has 0 atom stereocenters. The molecular weight excluding hydrogens is 190 g/mol. The van der Waals surface area contributed by atoms with Crippen LogP contribution in [0.2, 0.25) is 5.32 Å². The minimum absolute atomic E-state index is 0. The second kappa shape index (κ2) is 4.49. The molecule has 5 heteroatoms. The van der Waals surface area contributed by atoms with Gasteiger partial charge in [-0.05, 0) is 0 Å². The molecule has 3 nitrogen and oxygen atoms in total. The fourth-order valence-electron chi connectivity index (χ4n) is 0.118. The van der Waals surface area contributed by atoms with E-state index in [0.29, 0.717) is 0 Å². The molecule has 0 saturated carbocycles. The van der Waals surface area contributed by atoms with E-state index in [1.54, 1.807) is 6.92 Å². The maximum atomic E-state index is 10.2.